The smallest absolute Gasteiger partial charge is 0.407 e. The van der Waals surface area contributed by atoms with E-state index in [-0.39, 0.29) is 0 Å². The van der Waals surface area contributed by atoms with Gasteiger partial charge >= 0.3 is 6.09 Å². The van der Waals surface area contributed by atoms with Gasteiger partial charge in [-0.3, -0.25) is 0 Å². The molecule has 1 fully saturated rings. The molecule has 3 rings (SSSR count). The van der Waals surface area contributed by atoms with Gasteiger partial charge in [0, 0.05) is 30.2 Å². The number of rotatable bonds is 1. The summed E-state index contributed by atoms with van der Waals surface area (Å²) in [6.45, 7) is 1.15. The van der Waals surface area contributed by atoms with Crippen LogP contribution in [0.1, 0.15) is 29.9 Å². The topological polar surface area (TPSA) is 80.1 Å². The Bertz CT molecular complexity index is 691. The summed E-state index contributed by atoms with van der Waals surface area (Å²) in [5.74, 6) is 0.355. The van der Waals surface area contributed by atoms with Gasteiger partial charge in [0.2, 0.25) is 0 Å². The lowest BCUT2D eigenvalue weighted by Crippen LogP contribution is -2.36. The Kier molecular flexibility index (Phi) is 3.07. The van der Waals surface area contributed by atoms with E-state index in [1.807, 2.05) is 18.3 Å². The van der Waals surface area contributed by atoms with Crippen LogP contribution in [0.15, 0.2) is 24.4 Å². The van der Waals surface area contributed by atoms with Gasteiger partial charge in [0.1, 0.15) is 0 Å². The molecular weight excluding hydrogens is 254 g/mol. The number of likely N-dealkylation sites (tertiary alicyclic amines) is 1. The molecule has 0 bridgehead atoms. The van der Waals surface area contributed by atoms with Crippen LogP contribution in [0.5, 0.6) is 0 Å². The van der Waals surface area contributed by atoms with Gasteiger partial charge < -0.3 is 15.0 Å². The highest BCUT2D eigenvalue weighted by molar-refractivity contribution is 5.85. The number of nitrogens with zero attached hydrogens (tertiary/aromatic N) is 2. The fourth-order valence-corrected chi connectivity index (χ4v) is 2.93. The summed E-state index contributed by atoms with van der Waals surface area (Å²) in [5, 5.41) is 19.1. The molecule has 1 amide bonds. The number of fused-ring (bicyclic) bond motifs is 1. The van der Waals surface area contributed by atoms with Gasteiger partial charge in [-0.1, -0.05) is 0 Å². The van der Waals surface area contributed by atoms with E-state index < -0.39 is 6.09 Å². The van der Waals surface area contributed by atoms with Crippen LogP contribution in [0.25, 0.3) is 10.9 Å². The number of nitrogens with one attached hydrogen (secondary N) is 1. The van der Waals surface area contributed by atoms with E-state index >= 15 is 0 Å². The van der Waals surface area contributed by atoms with E-state index in [4.69, 9.17) is 10.4 Å². The molecule has 1 aromatic carbocycles. The summed E-state index contributed by atoms with van der Waals surface area (Å²) in [5.41, 5.74) is 2.88. The zero-order valence-corrected chi connectivity index (χ0v) is 11.0. The second kappa shape index (κ2) is 4.89. The summed E-state index contributed by atoms with van der Waals surface area (Å²) in [6, 6.07) is 7.79. The fraction of sp³-hybridized carbons (Fsp3) is 0.333. The third-order valence-electron chi connectivity index (χ3n) is 4.05. The predicted molar refractivity (Wildman–Crippen MR) is 74.6 cm³/mol. The van der Waals surface area contributed by atoms with Crippen LogP contribution in [0, 0.1) is 11.3 Å². The van der Waals surface area contributed by atoms with Crippen LogP contribution in [0.3, 0.4) is 0 Å². The van der Waals surface area contributed by atoms with Crippen molar-refractivity contribution < 1.29 is 9.90 Å². The number of H-pyrrole nitrogens is 1. The summed E-state index contributed by atoms with van der Waals surface area (Å²) >= 11 is 0. The first-order valence-corrected chi connectivity index (χ1v) is 6.68. The van der Waals surface area contributed by atoms with E-state index in [2.05, 4.69) is 11.1 Å². The SMILES string of the molecule is N#Cc1ccc2[nH]cc(C3CCN(C(=O)O)CC3)c2c1. The Labute approximate surface area is 116 Å². The first kappa shape index (κ1) is 12.5. The maximum Gasteiger partial charge on any atom is 0.407 e. The van der Waals surface area contributed by atoms with Gasteiger partial charge in [-0.15, -0.1) is 0 Å². The Morgan fingerprint density at radius 2 is 2.15 bits per heavy atom. The van der Waals surface area contributed by atoms with Crippen LogP contribution in [-0.2, 0) is 0 Å². The standard InChI is InChI=1S/C15H15N3O2/c16-8-10-1-2-14-12(7-10)13(9-17-14)11-3-5-18(6-4-11)15(19)20/h1-2,7,9,11,17H,3-6H2,(H,19,20). The zero-order chi connectivity index (χ0) is 14.1. The van der Waals surface area contributed by atoms with Crippen molar-refractivity contribution in [3.05, 3.63) is 35.5 Å². The average Bonchev–Trinajstić information content (AvgIpc) is 2.90. The second-order valence-electron chi connectivity index (χ2n) is 5.16. The molecule has 0 atom stereocenters. The average molecular weight is 269 g/mol. The van der Waals surface area contributed by atoms with E-state index in [9.17, 15) is 4.79 Å². The van der Waals surface area contributed by atoms with E-state index in [0.29, 0.717) is 24.6 Å². The summed E-state index contributed by atoms with van der Waals surface area (Å²) < 4.78 is 0. The molecule has 1 saturated heterocycles. The molecule has 102 valence electrons. The molecule has 0 unspecified atom stereocenters. The number of aromatic nitrogens is 1. The number of piperidine rings is 1. The van der Waals surface area contributed by atoms with Crippen LogP contribution in [0.2, 0.25) is 0 Å². The second-order valence-corrected chi connectivity index (χ2v) is 5.16. The minimum Gasteiger partial charge on any atom is -0.465 e. The lowest BCUT2D eigenvalue weighted by atomic mass is 9.89. The van der Waals surface area contributed by atoms with Crippen LogP contribution >= 0.6 is 0 Å². The molecule has 1 aromatic heterocycles. The summed E-state index contributed by atoms with van der Waals surface area (Å²) in [6.07, 6.45) is 2.81. The van der Waals surface area contributed by atoms with Crippen molar-refractivity contribution in [2.45, 2.75) is 18.8 Å². The molecule has 5 heteroatoms. The maximum atomic E-state index is 10.9. The van der Waals surface area contributed by atoms with Crippen LogP contribution < -0.4 is 0 Å². The van der Waals surface area contributed by atoms with Gasteiger partial charge in [-0.05, 0) is 42.5 Å². The number of amides is 1. The Hall–Kier alpha value is -2.48. The number of benzene rings is 1. The van der Waals surface area contributed by atoms with Gasteiger partial charge in [0.05, 0.1) is 11.6 Å². The quantitative estimate of drug-likeness (QED) is 0.835. The van der Waals surface area contributed by atoms with Crippen molar-refractivity contribution in [3.63, 3.8) is 0 Å². The highest BCUT2D eigenvalue weighted by atomic mass is 16.4. The Morgan fingerprint density at radius 3 is 2.80 bits per heavy atom. The van der Waals surface area contributed by atoms with Gasteiger partial charge in [-0.25, -0.2) is 4.79 Å². The minimum atomic E-state index is -0.839. The lowest BCUT2D eigenvalue weighted by molar-refractivity contribution is 0.132. The number of carboxylic acid groups (broad SMARTS) is 1. The third kappa shape index (κ3) is 2.10. The molecular formula is C15H15N3O2. The van der Waals surface area contributed by atoms with Gasteiger partial charge in [-0.2, -0.15) is 5.26 Å². The van der Waals surface area contributed by atoms with E-state index in [0.717, 1.165) is 23.7 Å². The molecule has 2 aromatic rings. The molecule has 0 aliphatic carbocycles. The van der Waals surface area contributed by atoms with Crippen LogP contribution in [0.4, 0.5) is 4.79 Å². The molecule has 5 nitrogen and oxygen atoms in total. The number of hydrogen-bond acceptors (Lipinski definition) is 2. The molecule has 2 heterocycles. The first-order valence-electron chi connectivity index (χ1n) is 6.68. The molecule has 0 radical (unpaired) electrons. The number of aromatic amines is 1. The number of hydrogen-bond donors (Lipinski definition) is 2. The van der Waals surface area contributed by atoms with Gasteiger partial charge in [0.25, 0.3) is 0 Å². The number of carbonyl (C=O) groups is 1. The molecule has 1 aliphatic rings. The normalized spacial score (nSPS) is 16.2. The molecule has 1 aliphatic heterocycles. The molecule has 0 spiro atoms. The van der Waals surface area contributed by atoms with Crippen molar-refractivity contribution in [1.29, 1.82) is 5.26 Å². The lowest BCUT2D eigenvalue weighted by Gasteiger charge is -2.29. The first-order chi connectivity index (χ1) is 9.69. The summed E-state index contributed by atoms with van der Waals surface area (Å²) in [7, 11) is 0. The van der Waals surface area contributed by atoms with Crippen molar-refractivity contribution >= 4 is 17.0 Å². The van der Waals surface area contributed by atoms with Crippen molar-refractivity contribution in [2.75, 3.05) is 13.1 Å². The fourth-order valence-electron chi connectivity index (χ4n) is 2.93. The van der Waals surface area contributed by atoms with Gasteiger partial charge in [0.15, 0.2) is 0 Å². The number of nitriles is 1. The zero-order valence-electron chi connectivity index (χ0n) is 11.0. The summed E-state index contributed by atoms with van der Waals surface area (Å²) in [4.78, 5) is 15.6. The maximum absolute atomic E-state index is 10.9. The highest BCUT2D eigenvalue weighted by Crippen LogP contribution is 2.33. The van der Waals surface area contributed by atoms with Crippen molar-refractivity contribution in [1.82, 2.24) is 9.88 Å². The highest BCUT2D eigenvalue weighted by Gasteiger charge is 2.25. The van der Waals surface area contributed by atoms with Crippen molar-refractivity contribution in [3.8, 4) is 6.07 Å². The predicted octanol–water partition coefficient (Wildman–Crippen LogP) is 2.90. The minimum absolute atomic E-state index is 0.355. The third-order valence-corrected chi connectivity index (χ3v) is 4.05. The monoisotopic (exact) mass is 269 g/mol. The van der Waals surface area contributed by atoms with E-state index in [1.165, 1.54) is 10.5 Å². The molecule has 0 saturated carbocycles. The van der Waals surface area contributed by atoms with Crippen molar-refractivity contribution in [2.24, 2.45) is 0 Å². The Morgan fingerprint density at radius 1 is 1.40 bits per heavy atom. The largest absolute Gasteiger partial charge is 0.465 e. The Balaban J connectivity index is 1.88. The molecule has 20 heavy (non-hydrogen) atoms. The molecule has 2 N–H and O–H groups in total. The van der Waals surface area contributed by atoms with Crippen LogP contribution in [-0.4, -0.2) is 34.2 Å². The van der Waals surface area contributed by atoms with E-state index in [1.54, 1.807) is 6.07 Å².